The Labute approximate surface area is 107 Å². The lowest BCUT2D eigenvalue weighted by atomic mass is 10.2. The van der Waals surface area contributed by atoms with Gasteiger partial charge in [-0.3, -0.25) is 0 Å². The van der Waals surface area contributed by atoms with Gasteiger partial charge in [-0.25, -0.2) is 14.5 Å². The van der Waals surface area contributed by atoms with Gasteiger partial charge in [0.15, 0.2) is 0 Å². The van der Waals surface area contributed by atoms with Crippen LogP contribution in [0.2, 0.25) is 5.02 Å². The predicted molar refractivity (Wildman–Crippen MR) is 62.8 cm³/mol. The van der Waals surface area contributed by atoms with Crippen LogP contribution in [0.4, 0.5) is 0 Å². The van der Waals surface area contributed by atoms with E-state index in [0.29, 0.717) is 22.1 Å². The Morgan fingerprint density at radius 1 is 1.56 bits per heavy atom. The van der Waals surface area contributed by atoms with Gasteiger partial charge in [-0.2, -0.15) is 5.26 Å². The van der Waals surface area contributed by atoms with Gasteiger partial charge >= 0.3 is 5.97 Å². The molecular formula is C11H7ClN4O2. The highest BCUT2D eigenvalue weighted by atomic mass is 35.5. The maximum absolute atomic E-state index is 10.8. The van der Waals surface area contributed by atoms with E-state index in [1.807, 2.05) is 6.07 Å². The maximum atomic E-state index is 10.8. The smallest absolute Gasteiger partial charge is 0.375 e. The molecule has 0 unspecified atom stereocenters. The number of carboxylic acids is 1. The van der Waals surface area contributed by atoms with Crippen LogP contribution in [-0.4, -0.2) is 25.8 Å². The number of nitrogens with zero attached hydrogens (tertiary/aromatic N) is 4. The molecule has 0 aliphatic carbocycles. The summed E-state index contributed by atoms with van der Waals surface area (Å²) in [7, 11) is 0. The fraction of sp³-hybridized carbons (Fsp3) is 0.0909. The Morgan fingerprint density at radius 2 is 2.28 bits per heavy atom. The summed E-state index contributed by atoms with van der Waals surface area (Å²) >= 11 is 5.86. The number of carboxylic acid groups (broad SMARTS) is 1. The van der Waals surface area contributed by atoms with Crippen molar-refractivity contribution >= 4 is 17.6 Å². The zero-order valence-electron chi connectivity index (χ0n) is 9.25. The van der Waals surface area contributed by atoms with Crippen LogP contribution in [0.5, 0.6) is 0 Å². The molecular weight excluding hydrogens is 256 g/mol. The number of nitriles is 1. The van der Waals surface area contributed by atoms with E-state index >= 15 is 0 Å². The number of benzene rings is 1. The Morgan fingerprint density at radius 3 is 2.83 bits per heavy atom. The first kappa shape index (κ1) is 12.1. The van der Waals surface area contributed by atoms with Crippen LogP contribution >= 0.6 is 11.6 Å². The third-order valence-corrected chi connectivity index (χ3v) is 2.50. The summed E-state index contributed by atoms with van der Waals surface area (Å²) in [5.74, 6) is -1.18. The van der Waals surface area contributed by atoms with Crippen molar-refractivity contribution in [2.24, 2.45) is 0 Å². The number of halogens is 1. The lowest BCUT2D eigenvalue weighted by Crippen LogP contribution is -2.04. The molecule has 0 aliphatic heterocycles. The minimum atomic E-state index is -1.22. The van der Waals surface area contributed by atoms with E-state index in [4.69, 9.17) is 22.0 Å². The van der Waals surface area contributed by atoms with Gasteiger partial charge in [-0.1, -0.05) is 11.6 Å². The molecule has 6 nitrogen and oxygen atoms in total. The molecule has 2 rings (SSSR count). The third kappa shape index (κ3) is 2.04. The summed E-state index contributed by atoms with van der Waals surface area (Å²) in [5.41, 5.74) is 0.742. The molecule has 0 spiro atoms. The van der Waals surface area contributed by atoms with Gasteiger partial charge in [-0.05, 0) is 25.1 Å². The first-order valence-electron chi connectivity index (χ1n) is 4.90. The van der Waals surface area contributed by atoms with Crippen LogP contribution in [0.25, 0.3) is 5.69 Å². The van der Waals surface area contributed by atoms with Gasteiger partial charge < -0.3 is 5.11 Å². The van der Waals surface area contributed by atoms with Crippen LogP contribution in [0, 0.1) is 18.3 Å². The molecule has 7 heteroatoms. The van der Waals surface area contributed by atoms with Crippen molar-refractivity contribution in [3.63, 3.8) is 0 Å². The van der Waals surface area contributed by atoms with Gasteiger partial charge in [0.1, 0.15) is 11.9 Å². The number of hydrogen-bond donors (Lipinski definition) is 1. The van der Waals surface area contributed by atoms with Crippen LogP contribution in [0.15, 0.2) is 18.2 Å². The summed E-state index contributed by atoms with van der Waals surface area (Å²) < 4.78 is 1.29. The summed E-state index contributed by atoms with van der Waals surface area (Å²) in [6, 6.07) is 6.65. The van der Waals surface area contributed by atoms with Crippen molar-refractivity contribution in [3.8, 4) is 11.8 Å². The average Bonchev–Trinajstić information content (AvgIpc) is 2.71. The standard InChI is InChI=1S/C11H7ClN4O2/c1-6-14-10(11(17)18)15-16(6)9-4-8(12)3-2-7(9)5-13/h2-4H,1H3,(H,17,18). The van der Waals surface area contributed by atoms with Crippen LogP contribution in [-0.2, 0) is 0 Å². The predicted octanol–water partition coefficient (Wildman–Crippen LogP) is 1.80. The Hall–Kier alpha value is -2.39. The molecule has 1 aromatic heterocycles. The van der Waals surface area contributed by atoms with Gasteiger partial charge in [-0.15, -0.1) is 5.10 Å². The zero-order chi connectivity index (χ0) is 13.3. The largest absolute Gasteiger partial charge is 0.475 e. The molecule has 18 heavy (non-hydrogen) atoms. The topological polar surface area (TPSA) is 91.8 Å². The zero-order valence-corrected chi connectivity index (χ0v) is 10.0. The van der Waals surface area contributed by atoms with Crippen molar-refractivity contribution in [3.05, 3.63) is 40.4 Å². The van der Waals surface area contributed by atoms with E-state index in [1.54, 1.807) is 19.1 Å². The molecule has 90 valence electrons. The molecule has 2 aromatic rings. The number of carbonyl (C=O) groups is 1. The molecule has 1 heterocycles. The van der Waals surface area contributed by atoms with Crippen LogP contribution in [0.1, 0.15) is 22.0 Å². The summed E-state index contributed by atoms with van der Waals surface area (Å²) in [6.45, 7) is 1.60. The van der Waals surface area contributed by atoms with E-state index in [0.717, 1.165) is 0 Å². The van der Waals surface area contributed by atoms with Crippen molar-refractivity contribution in [2.75, 3.05) is 0 Å². The van der Waals surface area contributed by atoms with Crippen LogP contribution < -0.4 is 0 Å². The second-order valence-corrected chi connectivity index (χ2v) is 3.91. The fourth-order valence-electron chi connectivity index (χ4n) is 1.48. The van der Waals surface area contributed by atoms with Crippen LogP contribution in [0.3, 0.4) is 0 Å². The number of rotatable bonds is 2. The van der Waals surface area contributed by atoms with E-state index in [-0.39, 0.29) is 5.82 Å². The SMILES string of the molecule is Cc1nc(C(=O)O)nn1-c1cc(Cl)ccc1C#N. The first-order valence-corrected chi connectivity index (χ1v) is 5.27. The minimum absolute atomic E-state index is 0.323. The Bertz CT molecular complexity index is 672. The molecule has 0 amide bonds. The first-order chi connectivity index (χ1) is 8.52. The maximum Gasteiger partial charge on any atom is 0.375 e. The number of aromatic carboxylic acids is 1. The van der Waals surface area contributed by atoms with Gasteiger partial charge in [0, 0.05) is 5.02 Å². The second-order valence-electron chi connectivity index (χ2n) is 3.47. The normalized spacial score (nSPS) is 10.1. The minimum Gasteiger partial charge on any atom is -0.475 e. The van der Waals surface area contributed by atoms with Crippen molar-refractivity contribution < 1.29 is 9.90 Å². The van der Waals surface area contributed by atoms with E-state index in [9.17, 15) is 4.79 Å². The van der Waals surface area contributed by atoms with E-state index in [2.05, 4.69) is 10.1 Å². The Balaban J connectivity index is 2.65. The highest BCUT2D eigenvalue weighted by Gasteiger charge is 2.16. The average molecular weight is 263 g/mol. The van der Waals surface area contributed by atoms with Crippen molar-refractivity contribution in [1.82, 2.24) is 14.8 Å². The molecule has 0 bridgehead atoms. The highest BCUT2D eigenvalue weighted by Crippen LogP contribution is 2.20. The molecule has 0 fully saturated rings. The highest BCUT2D eigenvalue weighted by molar-refractivity contribution is 6.30. The second kappa shape index (κ2) is 4.47. The molecule has 0 aliphatic rings. The summed E-state index contributed by atoms with van der Waals surface area (Å²) in [6.07, 6.45) is 0. The third-order valence-electron chi connectivity index (χ3n) is 2.27. The van der Waals surface area contributed by atoms with Crippen molar-refractivity contribution in [2.45, 2.75) is 6.92 Å². The molecule has 1 aromatic carbocycles. The molecule has 0 radical (unpaired) electrons. The lowest BCUT2D eigenvalue weighted by Gasteiger charge is -2.05. The number of aryl methyl sites for hydroxylation is 1. The Kier molecular flexibility index (Phi) is 3.00. The number of aromatic nitrogens is 3. The van der Waals surface area contributed by atoms with Gasteiger partial charge in [0.25, 0.3) is 5.82 Å². The quantitative estimate of drug-likeness (QED) is 0.891. The van der Waals surface area contributed by atoms with Gasteiger partial charge in [0.05, 0.1) is 11.3 Å². The molecule has 1 N–H and O–H groups in total. The fourth-order valence-corrected chi connectivity index (χ4v) is 1.65. The summed E-state index contributed by atoms with van der Waals surface area (Å²) in [5, 5.41) is 22.1. The molecule has 0 saturated heterocycles. The van der Waals surface area contributed by atoms with Crippen molar-refractivity contribution in [1.29, 1.82) is 5.26 Å². The van der Waals surface area contributed by atoms with E-state index in [1.165, 1.54) is 10.7 Å². The molecule has 0 atom stereocenters. The van der Waals surface area contributed by atoms with Gasteiger partial charge in [0.2, 0.25) is 0 Å². The number of hydrogen-bond acceptors (Lipinski definition) is 4. The van der Waals surface area contributed by atoms with E-state index < -0.39 is 5.97 Å². The monoisotopic (exact) mass is 262 g/mol. The summed E-state index contributed by atoms with van der Waals surface area (Å²) in [4.78, 5) is 14.6. The molecule has 0 saturated carbocycles. The lowest BCUT2D eigenvalue weighted by molar-refractivity contribution is 0.0683.